The van der Waals surface area contributed by atoms with Gasteiger partial charge >= 0.3 is 6.11 Å². The fourth-order valence-corrected chi connectivity index (χ4v) is 1.43. The first-order valence-electron chi connectivity index (χ1n) is 5.17. The van der Waals surface area contributed by atoms with Gasteiger partial charge < -0.3 is 4.74 Å². The normalized spacial score (nSPS) is 11.4. The molecule has 0 spiro atoms. The molecule has 2 rings (SSSR count). The Morgan fingerprint density at radius 1 is 0.842 bits per heavy atom. The quantitative estimate of drug-likeness (QED) is 0.601. The van der Waals surface area contributed by atoms with Crippen LogP contribution in [0.4, 0.5) is 22.0 Å². The van der Waals surface area contributed by atoms with Crippen molar-refractivity contribution in [1.29, 1.82) is 0 Å². The van der Waals surface area contributed by atoms with Gasteiger partial charge in [0.2, 0.25) is 0 Å². The van der Waals surface area contributed by atoms with Crippen molar-refractivity contribution in [2.75, 3.05) is 0 Å². The van der Waals surface area contributed by atoms with Crippen LogP contribution in [0, 0.1) is 17.5 Å². The maximum Gasteiger partial charge on any atom is 0.426 e. The topological polar surface area (TPSA) is 9.23 Å². The fraction of sp³-hybridized carbons (Fsp3) is 0.0769. The number of benzene rings is 2. The van der Waals surface area contributed by atoms with Crippen LogP contribution in [0.5, 0.6) is 5.75 Å². The van der Waals surface area contributed by atoms with Crippen LogP contribution in [0.25, 0.3) is 0 Å². The lowest BCUT2D eigenvalue weighted by molar-refractivity contribution is -0.185. The van der Waals surface area contributed by atoms with Gasteiger partial charge in [-0.2, -0.15) is 8.78 Å². The zero-order valence-corrected chi connectivity index (χ0v) is 9.34. The van der Waals surface area contributed by atoms with Gasteiger partial charge in [-0.3, -0.25) is 0 Å². The highest BCUT2D eigenvalue weighted by molar-refractivity contribution is 5.27. The highest BCUT2D eigenvalue weighted by atomic mass is 19.3. The molecular formula is C13H7F5O. The van der Waals surface area contributed by atoms with E-state index in [0.29, 0.717) is 12.1 Å². The molecule has 100 valence electrons. The summed E-state index contributed by atoms with van der Waals surface area (Å²) < 4.78 is 69.9. The molecule has 2 aromatic rings. The third-order valence-electron chi connectivity index (χ3n) is 2.31. The second-order valence-corrected chi connectivity index (χ2v) is 3.69. The van der Waals surface area contributed by atoms with Gasteiger partial charge in [0.05, 0.1) is 5.56 Å². The molecule has 0 aliphatic heterocycles. The molecule has 0 radical (unpaired) electrons. The summed E-state index contributed by atoms with van der Waals surface area (Å²) >= 11 is 0. The summed E-state index contributed by atoms with van der Waals surface area (Å²) in [5.41, 5.74) is -0.486. The smallest absolute Gasteiger partial charge is 0.426 e. The molecule has 19 heavy (non-hydrogen) atoms. The van der Waals surface area contributed by atoms with Gasteiger partial charge in [0, 0.05) is 12.1 Å². The van der Waals surface area contributed by atoms with Crippen LogP contribution < -0.4 is 4.74 Å². The number of ether oxygens (including phenoxy) is 1. The maximum absolute atomic E-state index is 13.6. The molecule has 0 aliphatic rings. The first-order valence-corrected chi connectivity index (χ1v) is 5.17. The van der Waals surface area contributed by atoms with Gasteiger partial charge in [0.1, 0.15) is 5.75 Å². The fourth-order valence-electron chi connectivity index (χ4n) is 1.43. The molecule has 0 heterocycles. The van der Waals surface area contributed by atoms with Crippen LogP contribution in [-0.2, 0) is 6.11 Å². The second kappa shape index (κ2) is 4.87. The van der Waals surface area contributed by atoms with Crippen molar-refractivity contribution in [3.63, 3.8) is 0 Å². The third kappa shape index (κ3) is 2.83. The minimum absolute atomic E-state index is 0.356. The van der Waals surface area contributed by atoms with Crippen molar-refractivity contribution in [3.8, 4) is 5.75 Å². The summed E-state index contributed by atoms with van der Waals surface area (Å²) in [4.78, 5) is 0. The summed E-state index contributed by atoms with van der Waals surface area (Å²) in [6.45, 7) is 0. The van der Waals surface area contributed by atoms with Gasteiger partial charge in [-0.05, 0) is 12.1 Å². The molecule has 0 aliphatic carbocycles. The molecule has 2 aromatic carbocycles. The standard InChI is InChI=1S/C13H7F5O/c14-10-6-9(7-11(15)12(10)16)19-13(17,18)8-4-2-1-3-5-8/h1-7H. The molecule has 0 saturated heterocycles. The minimum Gasteiger partial charge on any atom is -0.429 e. The van der Waals surface area contributed by atoms with E-state index in [9.17, 15) is 22.0 Å². The van der Waals surface area contributed by atoms with E-state index in [1.165, 1.54) is 18.2 Å². The molecule has 0 bridgehead atoms. The average Bonchev–Trinajstić information content (AvgIpc) is 2.36. The summed E-state index contributed by atoms with van der Waals surface area (Å²) in [7, 11) is 0. The number of halogens is 5. The molecule has 6 heteroatoms. The summed E-state index contributed by atoms with van der Waals surface area (Å²) in [5.74, 6) is -5.74. The van der Waals surface area contributed by atoms with E-state index in [4.69, 9.17) is 0 Å². The van der Waals surface area contributed by atoms with Gasteiger partial charge in [-0.25, -0.2) is 13.2 Å². The van der Waals surface area contributed by atoms with Crippen LogP contribution in [0.1, 0.15) is 5.56 Å². The molecule has 0 saturated carbocycles. The Hall–Kier alpha value is -2.11. The average molecular weight is 274 g/mol. The predicted octanol–water partition coefficient (Wildman–Crippen LogP) is 4.23. The Labute approximate surface area is 105 Å². The Bertz CT molecular complexity index is 560. The van der Waals surface area contributed by atoms with E-state index < -0.39 is 34.9 Å². The zero-order chi connectivity index (χ0) is 14.0. The van der Waals surface area contributed by atoms with Crippen molar-refractivity contribution in [3.05, 3.63) is 65.5 Å². The molecule has 0 amide bonds. The van der Waals surface area contributed by atoms with Gasteiger partial charge in [0.15, 0.2) is 17.5 Å². The second-order valence-electron chi connectivity index (χ2n) is 3.69. The van der Waals surface area contributed by atoms with Crippen LogP contribution in [-0.4, -0.2) is 0 Å². The van der Waals surface area contributed by atoms with E-state index in [2.05, 4.69) is 4.74 Å². The predicted molar refractivity (Wildman–Crippen MR) is 57.3 cm³/mol. The largest absolute Gasteiger partial charge is 0.429 e. The van der Waals surface area contributed by atoms with E-state index in [1.54, 1.807) is 0 Å². The summed E-state index contributed by atoms with van der Waals surface area (Å²) in [6.07, 6.45) is -3.78. The van der Waals surface area contributed by atoms with E-state index >= 15 is 0 Å². The highest BCUT2D eigenvalue weighted by Gasteiger charge is 2.34. The lowest BCUT2D eigenvalue weighted by Gasteiger charge is -2.18. The van der Waals surface area contributed by atoms with Crippen molar-refractivity contribution < 1.29 is 26.7 Å². The van der Waals surface area contributed by atoms with Crippen LogP contribution in [0.15, 0.2) is 42.5 Å². The maximum atomic E-state index is 13.6. The van der Waals surface area contributed by atoms with Crippen molar-refractivity contribution in [2.45, 2.75) is 6.11 Å². The molecule has 0 fully saturated rings. The monoisotopic (exact) mass is 274 g/mol. The Balaban J connectivity index is 2.31. The lowest BCUT2D eigenvalue weighted by Crippen LogP contribution is -2.22. The Morgan fingerprint density at radius 2 is 1.37 bits per heavy atom. The van der Waals surface area contributed by atoms with Crippen LogP contribution >= 0.6 is 0 Å². The molecule has 0 atom stereocenters. The Morgan fingerprint density at radius 3 is 1.89 bits per heavy atom. The highest BCUT2D eigenvalue weighted by Crippen LogP contribution is 2.32. The van der Waals surface area contributed by atoms with E-state index in [-0.39, 0.29) is 0 Å². The van der Waals surface area contributed by atoms with E-state index in [0.717, 1.165) is 12.1 Å². The van der Waals surface area contributed by atoms with Gasteiger partial charge in [-0.1, -0.05) is 18.2 Å². The van der Waals surface area contributed by atoms with Crippen LogP contribution in [0.3, 0.4) is 0 Å². The van der Waals surface area contributed by atoms with Crippen LogP contribution in [0.2, 0.25) is 0 Å². The number of hydrogen-bond donors (Lipinski definition) is 0. The molecular weight excluding hydrogens is 267 g/mol. The van der Waals surface area contributed by atoms with Gasteiger partial charge in [-0.15, -0.1) is 0 Å². The zero-order valence-electron chi connectivity index (χ0n) is 9.34. The summed E-state index contributed by atoms with van der Waals surface area (Å²) in [5, 5.41) is 0. The molecule has 1 nitrogen and oxygen atoms in total. The summed E-state index contributed by atoms with van der Waals surface area (Å²) in [6, 6.07) is 7.14. The number of rotatable bonds is 3. The lowest BCUT2D eigenvalue weighted by atomic mass is 10.2. The van der Waals surface area contributed by atoms with Gasteiger partial charge in [0.25, 0.3) is 0 Å². The van der Waals surface area contributed by atoms with E-state index in [1.807, 2.05) is 0 Å². The SMILES string of the molecule is Fc1cc(OC(F)(F)c2ccccc2)cc(F)c1F. The third-order valence-corrected chi connectivity index (χ3v) is 2.31. The van der Waals surface area contributed by atoms with Crippen molar-refractivity contribution >= 4 is 0 Å². The van der Waals surface area contributed by atoms with Crippen molar-refractivity contribution in [1.82, 2.24) is 0 Å². The minimum atomic E-state index is -3.78. The molecule has 0 unspecified atom stereocenters. The molecule has 0 aromatic heterocycles. The number of hydrogen-bond acceptors (Lipinski definition) is 1. The van der Waals surface area contributed by atoms with Crippen molar-refractivity contribution in [2.24, 2.45) is 0 Å². The first-order chi connectivity index (χ1) is 8.90. The Kier molecular flexibility index (Phi) is 3.42. The first kappa shape index (κ1) is 13.3. The molecule has 0 N–H and O–H groups in total. The number of alkyl halides is 2.